The van der Waals surface area contributed by atoms with E-state index in [2.05, 4.69) is 11.1 Å². The summed E-state index contributed by atoms with van der Waals surface area (Å²) in [4.78, 5) is 3.92. The zero-order chi connectivity index (χ0) is 8.10. The smallest absolute Gasteiger partial charge is 0.209 e. The van der Waals surface area contributed by atoms with Crippen molar-refractivity contribution in [3.8, 4) is 6.07 Å². The monoisotopic (exact) mass is 148 g/mol. The summed E-state index contributed by atoms with van der Waals surface area (Å²) in [5.74, 6) is 0.0903. The molecular formula is C8H8N2O. The van der Waals surface area contributed by atoms with Crippen LogP contribution in [0.4, 0.5) is 0 Å². The Kier molecular flexibility index (Phi) is 2.45. The van der Waals surface area contributed by atoms with E-state index < -0.39 is 0 Å². The Morgan fingerprint density at radius 2 is 2.45 bits per heavy atom. The zero-order valence-electron chi connectivity index (χ0n) is 6.19. The number of hydrogen-bond donors (Lipinski definition) is 0. The number of ether oxygens (including phenoxy) is 1. The molecule has 0 N–H and O–H groups in total. The van der Waals surface area contributed by atoms with Crippen LogP contribution in [0.5, 0.6) is 0 Å². The minimum atomic E-state index is -0.352. The Hall–Kier alpha value is -1.56. The van der Waals surface area contributed by atoms with E-state index >= 15 is 0 Å². The van der Waals surface area contributed by atoms with Crippen molar-refractivity contribution in [1.82, 2.24) is 0 Å². The highest BCUT2D eigenvalue weighted by Gasteiger charge is 2.12. The van der Waals surface area contributed by atoms with Crippen molar-refractivity contribution in [2.24, 2.45) is 10.9 Å². The van der Waals surface area contributed by atoms with Crippen molar-refractivity contribution in [3.63, 3.8) is 0 Å². The van der Waals surface area contributed by atoms with Crippen LogP contribution in [0.3, 0.4) is 0 Å². The highest BCUT2D eigenvalue weighted by molar-refractivity contribution is 5.83. The highest BCUT2D eigenvalue weighted by atomic mass is 16.5. The first-order valence-electron chi connectivity index (χ1n) is 3.23. The Balaban J connectivity index is 2.87. The molecule has 3 nitrogen and oxygen atoms in total. The van der Waals surface area contributed by atoms with Gasteiger partial charge in [-0.3, -0.25) is 0 Å². The molecule has 0 aromatic rings. The molecule has 1 aliphatic heterocycles. The minimum Gasteiger partial charge on any atom is -0.483 e. The highest BCUT2D eigenvalue weighted by Crippen LogP contribution is 2.05. The molecule has 0 amide bonds. The normalized spacial score (nSPS) is 21.8. The summed E-state index contributed by atoms with van der Waals surface area (Å²) in [6.07, 6.45) is 6.89. The molecule has 1 unspecified atom stereocenters. The van der Waals surface area contributed by atoms with Crippen LogP contribution in [0, 0.1) is 17.2 Å². The van der Waals surface area contributed by atoms with Crippen molar-refractivity contribution in [3.05, 3.63) is 24.4 Å². The van der Waals surface area contributed by atoms with Gasteiger partial charge >= 0.3 is 0 Å². The maximum Gasteiger partial charge on any atom is 0.209 e. The van der Waals surface area contributed by atoms with E-state index in [0.29, 0.717) is 5.90 Å². The third-order valence-corrected chi connectivity index (χ3v) is 1.32. The van der Waals surface area contributed by atoms with Crippen LogP contribution in [0.1, 0.15) is 0 Å². The fourth-order valence-corrected chi connectivity index (χ4v) is 0.782. The van der Waals surface area contributed by atoms with Crippen LogP contribution < -0.4 is 0 Å². The summed E-state index contributed by atoms with van der Waals surface area (Å²) in [7, 11) is 1.51. The lowest BCUT2D eigenvalue weighted by molar-refractivity contribution is 0.386. The molecule has 1 aliphatic rings. The van der Waals surface area contributed by atoms with E-state index in [1.807, 2.05) is 0 Å². The summed E-state index contributed by atoms with van der Waals surface area (Å²) in [5.41, 5.74) is 0. The molecule has 11 heavy (non-hydrogen) atoms. The van der Waals surface area contributed by atoms with Crippen molar-refractivity contribution in [2.45, 2.75) is 0 Å². The van der Waals surface area contributed by atoms with Crippen molar-refractivity contribution in [1.29, 1.82) is 5.26 Å². The Labute approximate surface area is 65.3 Å². The van der Waals surface area contributed by atoms with Crippen LogP contribution in [0.2, 0.25) is 0 Å². The van der Waals surface area contributed by atoms with E-state index in [0.717, 1.165) is 0 Å². The van der Waals surface area contributed by atoms with Crippen LogP contribution in [-0.2, 0) is 4.74 Å². The molecule has 0 saturated carbocycles. The van der Waals surface area contributed by atoms with Gasteiger partial charge in [0.25, 0.3) is 0 Å². The minimum absolute atomic E-state index is 0.352. The predicted molar refractivity (Wildman–Crippen MR) is 41.8 cm³/mol. The second kappa shape index (κ2) is 3.57. The van der Waals surface area contributed by atoms with E-state index in [4.69, 9.17) is 10.00 Å². The molecule has 0 bridgehead atoms. The van der Waals surface area contributed by atoms with Crippen molar-refractivity contribution >= 4 is 5.90 Å². The molecule has 1 rings (SSSR count). The number of allylic oxidation sites excluding steroid dienone is 2. The third kappa shape index (κ3) is 1.68. The largest absolute Gasteiger partial charge is 0.483 e. The Morgan fingerprint density at radius 1 is 1.64 bits per heavy atom. The van der Waals surface area contributed by atoms with Crippen LogP contribution in [-0.4, -0.2) is 13.0 Å². The average molecular weight is 148 g/mol. The number of rotatable bonds is 0. The summed E-state index contributed by atoms with van der Waals surface area (Å²) >= 11 is 0. The summed E-state index contributed by atoms with van der Waals surface area (Å²) in [5, 5.41) is 8.63. The molecule has 0 fully saturated rings. The quantitative estimate of drug-likeness (QED) is 0.519. The first kappa shape index (κ1) is 7.55. The summed E-state index contributed by atoms with van der Waals surface area (Å²) in [6.45, 7) is 0. The maximum absolute atomic E-state index is 8.63. The zero-order valence-corrected chi connectivity index (χ0v) is 6.19. The summed E-state index contributed by atoms with van der Waals surface area (Å²) < 4.78 is 4.90. The van der Waals surface area contributed by atoms with Gasteiger partial charge in [0, 0.05) is 6.20 Å². The van der Waals surface area contributed by atoms with Gasteiger partial charge in [-0.1, -0.05) is 12.2 Å². The number of methoxy groups -OCH3 is 1. The third-order valence-electron chi connectivity index (χ3n) is 1.32. The van der Waals surface area contributed by atoms with E-state index in [9.17, 15) is 0 Å². The first-order chi connectivity index (χ1) is 5.38. The topological polar surface area (TPSA) is 45.4 Å². The van der Waals surface area contributed by atoms with E-state index in [-0.39, 0.29) is 5.92 Å². The summed E-state index contributed by atoms with van der Waals surface area (Å²) in [6, 6.07) is 2.06. The Bertz CT molecular complexity index is 258. The molecule has 56 valence electrons. The molecule has 0 saturated heterocycles. The molecule has 0 spiro atoms. The number of aliphatic imine (C=N–C) groups is 1. The second-order valence-electron chi connectivity index (χ2n) is 2.00. The molecular weight excluding hydrogens is 140 g/mol. The van der Waals surface area contributed by atoms with Crippen molar-refractivity contribution in [2.75, 3.05) is 7.11 Å². The SMILES string of the molecule is COC1=NC=CC=CC1C#N. The van der Waals surface area contributed by atoms with Gasteiger partial charge in [-0.25, -0.2) is 4.99 Å². The molecule has 0 aromatic heterocycles. The molecule has 0 aliphatic carbocycles. The van der Waals surface area contributed by atoms with Crippen LogP contribution in [0.15, 0.2) is 29.4 Å². The lowest BCUT2D eigenvalue weighted by Crippen LogP contribution is -2.11. The van der Waals surface area contributed by atoms with Gasteiger partial charge in [-0.05, 0) is 6.08 Å². The number of nitriles is 1. The first-order valence-corrected chi connectivity index (χ1v) is 3.23. The van der Waals surface area contributed by atoms with Gasteiger partial charge in [0.2, 0.25) is 5.90 Å². The van der Waals surface area contributed by atoms with Gasteiger partial charge in [-0.15, -0.1) is 0 Å². The molecule has 3 heteroatoms. The van der Waals surface area contributed by atoms with Crippen molar-refractivity contribution < 1.29 is 4.74 Å². The Morgan fingerprint density at radius 3 is 3.09 bits per heavy atom. The van der Waals surface area contributed by atoms with Gasteiger partial charge in [0.15, 0.2) is 0 Å². The van der Waals surface area contributed by atoms with Gasteiger partial charge in [0.05, 0.1) is 13.2 Å². The number of nitrogens with zero attached hydrogens (tertiary/aromatic N) is 2. The fraction of sp³-hybridized carbons (Fsp3) is 0.250. The standard InChI is InChI=1S/C8H8N2O/c1-11-8-7(6-9)4-2-3-5-10-8/h2-5,7H,1H3. The lowest BCUT2D eigenvalue weighted by Gasteiger charge is -2.03. The average Bonchev–Trinajstić information content (AvgIpc) is 2.27. The van der Waals surface area contributed by atoms with Gasteiger partial charge in [0.1, 0.15) is 5.92 Å². The predicted octanol–water partition coefficient (Wildman–Crippen LogP) is 1.25. The van der Waals surface area contributed by atoms with Gasteiger partial charge < -0.3 is 4.74 Å². The lowest BCUT2D eigenvalue weighted by atomic mass is 10.1. The molecule has 0 aromatic carbocycles. The van der Waals surface area contributed by atoms with Gasteiger partial charge in [-0.2, -0.15) is 5.26 Å². The van der Waals surface area contributed by atoms with E-state index in [1.165, 1.54) is 7.11 Å². The van der Waals surface area contributed by atoms with E-state index in [1.54, 1.807) is 24.4 Å². The molecule has 1 atom stereocenters. The maximum atomic E-state index is 8.63. The second-order valence-corrected chi connectivity index (χ2v) is 2.00. The molecule has 1 heterocycles. The molecule has 0 radical (unpaired) electrons. The van der Waals surface area contributed by atoms with Crippen LogP contribution in [0.25, 0.3) is 0 Å². The number of hydrogen-bond acceptors (Lipinski definition) is 3. The fourth-order valence-electron chi connectivity index (χ4n) is 0.782. The van der Waals surface area contributed by atoms with Crippen LogP contribution >= 0.6 is 0 Å².